The van der Waals surface area contributed by atoms with Gasteiger partial charge in [-0.05, 0) is 27.7 Å². The van der Waals surface area contributed by atoms with Crippen LogP contribution in [-0.4, -0.2) is 65.9 Å². The summed E-state index contributed by atoms with van der Waals surface area (Å²) in [5.41, 5.74) is 4.99. The highest BCUT2D eigenvalue weighted by Gasteiger charge is 2.30. The molecular formula is C13H28Cl2N4O2. The molecule has 0 spiro atoms. The number of carbonyl (C=O) groups is 2. The van der Waals surface area contributed by atoms with Crippen molar-refractivity contribution in [2.75, 3.05) is 32.7 Å². The molecule has 2 amide bonds. The molecule has 1 saturated heterocycles. The number of amides is 2. The molecule has 1 fully saturated rings. The van der Waals surface area contributed by atoms with Gasteiger partial charge in [-0.2, -0.15) is 0 Å². The third-order valence-corrected chi connectivity index (χ3v) is 3.03. The molecule has 0 bridgehead atoms. The van der Waals surface area contributed by atoms with E-state index in [1.54, 1.807) is 18.7 Å². The smallest absolute Gasteiger partial charge is 0.242 e. The molecule has 126 valence electrons. The number of nitrogens with two attached hydrogens (primary N) is 1. The van der Waals surface area contributed by atoms with Crippen molar-refractivity contribution in [2.24, 2.45) is 5.73 Å². The van der Waals surface area contributed by atoms with Gasteiger partial charge < -0.3 is 16.0 Å². The van der Waals surface area contributed by atoms with Gasteiger partial charge in [-0.1, -0.05) is 0 Å². The first-order valence-electron chi connectivity index (χ1n) is 6.80. The van der Waals surface area contributed by atoms with Gasteiger partial charge in [0.05, 0.1) is 12.1 Å². The maximum Gasteiger partial charge on any atom is 0.242 e. The van der Waals surface area contributed by atoms with Gasteiger partial charge >= 0.3 is 0 Å². The normalized spacial score (nSPS) is 16.0. The largest absolute Gasteiger partial charge is 0.353 e. The first-order valence-corrected chi connectivity index (χ1v) is 6.80. The third-order valence-electron chi connectivity index (χ3n) is 3.03. The predicted molar refractivity (Wildman–Crippen MR) is 89.1 cm³/mol. The molecule has 8 heteroatoms. The number of hydrogen-bond donors (Lipinski definition) is 2. The highest BCUT2D eigenvalue weighted by Crippen LogP contribution is 2.08. The first kappa shape index (κ1) is 22.7. The SMILES string of the molecule is CC(C)NC(=O)CN1CCN(C(=O)C(C)(C)N)CC1.Cl.Cl. The number of rotatable bonds is 4. The zero-order valence-electron chi connectivity index (χ0n) is 13.2. The molecule has 3 N–H and O–H groups in total. The minimum Gasteiger partial charge on any atom is -0.353 e. The summed E-state index contributed by atoms with van der Waals surface area (Å²) in [5, 5.41) is 2.87. The Labute approximate surface area is 139 Å². The van der Waals surface area contributed by atoms with Gasteiger partial charge in [0.1, 0.15) is 0 Å². The van der Waals surface area contributed by atoms with Crippen molar-refractivity contribution in [3.8, 4) is 0 Å². The fraction of sp³-hybridized carbons (Fsp3) is 0.846. The predicted octanol–water partition coefficient (Wildman–Crippen LogP) is 0.236. The van der Waals surface area contributed by atoms with Gasteiger partial charge in [0, 0.05) is 32.2 Å². The molecule has 0 aliphatic carbocycles. The molecule has 1 aliphatic rings. The molecule has 1 rings (SSSR count). The van der Waals surface area contributed by atoms with Gasteiger partial charge in [-0.25, -0.2) is 0 Å². The molecule has 0 aromatic carbocycles. The van der Waals surface area contributed by atoms with Crippen molar-refractivity contribution in [3.63, 3.8) is 0 Å². The Bertz CT molecular complexity index is 338. The average Bonchev–Trinajstić information content (AvgIpc) is 2.26. The second-order valence-electron chi connectivity index (χ2n) is 6.01. The molecule has 1 heterocycles. The molecule has 0 unspecified atom stereocenters. The second kappa shape index (κ2) is 9.46. The van der Waals surface area contributed by atoms with Crippen LogP contribution in [0.4, 0.5) is 0 Å². The van der Waals surface area contributed by atoms with Crippen LogP contribution in [0.2, 0.25) is 0 Å². The van der Waals surface area contributed by atoms with Crippen LogP contribution in [-0.2, 0) is 9.59 Å². The quantitative estimate of drug-likeness (QED) is 0.766. The lowest BCUT2D eigenvalue weighted by Gasteiger charge is -2.37. The second-order valence-corrected chi connectivity index (χ2v) is 6.01. The van der Waals surface area contributed by atoms with Crippen LogP contribution in [0, 0.1) is 0 Å². The maximum absolute atomic E-state index is 12.0. The summed E-state index contributed by atoms with van der Waals surface area (Å²) in [4.78, 5) is 27.5. The minimum absolute atomic E-state index is 0. The Morgan fingerprint density at radius 2 is 1.62 bits per heavy atom. The monoisotopic (exact) mass is 342 g/mol. The van der Waals surface area contributed by atoms with Gasteiger partial charge in [0.2, 0.25) is 11.8 Å². The van der Waals surface area contributed by atoms with Crippen LogP contribution in [0.1, 0.15) is 27.7 Å². The fourth-order valence-electron chi connectivity index (χ4n) is 2.09. The van der Waals surface area contributed by atoms with Crippen LogP contribution < -0.4 is 11.1 Å². The highest BCUT2D eigenvalue weighted by molar-refractivity contribution is 5.86. The molecule has 0 radical (unpaired) electrons. The topological polar surface area (TPSA) is 78.7 Å². The molecule has 0 atom stereocenters. The van der Waals surface area contributed by atoms with Crippen molar-refractivity contribution in [2.45, 2.75) is 39.3 Å². The summed E-state index contributed by atoms with van der Waals surface area (Å²) in [5.74, 6) is 0.00714. The number of carbonyl (C=O) groups excluding carboxylic acids is 2. The Morgan fingerprint density at radius 3 is 2.00 bits per heavy atom. The van der Waals surface area contributed by atoms with Crippen LogP contribution in [0.15, 0.2) is 0 Å². The van der Waals surface area contributed by atoms with E-state index >= 15 is 0 Å². The van der Waals surface area contributed by atoms with Crippen LogP contribution >= 0.6 is 24.8 Å². The van der Waals surface area contributed by atoms with E-state index in [1.807, 2.05) is 13.8 Å². The van der Waals surface area contributed by atoms with Crippen LogP contribution in [0.3, 0.4) is 0 Å². The Kier molecular flexibility index (Phi) is 10.2. The lowest BCUT2D eigenvalue weighted by molar-refractivity contribution is -0.137. The van der Waals surface area contributed by atoms with E-state index < -0.39 is 5.54 Å². The van der Waals surface area contributed by atoms with Gasteiger partial charge in [0.25, 0.3) is 0 Å². The molecule has 0 aromatic rings. The molecule has 1 aliphatic heterocycles. The summed E-state index contributed by atoms with van der Waals surface area (Å²) in [6.07, 6.45) is 0. The van der Waals surface area contributed by atoms with Crippen LogP contribution in [0.25, 0.3) is 0 Å². The van der Waals surface area contributed by atoms with E-state index in [4.69, 9.17) is 5.73 Å². The van der Waals surface area contributed by atoms with E-state index in [-0.39, 0.29) is 42.7 Å². The number of nitrogens with zero attached hydrogens (tertiary/aromatic N) is 2. The lowest BCUT2D eigenvalue weighted by atomic mass is 10.0. The molecular weight excluding hydrogens is 315 g/mol. The highest BCUT2D eigenvalue weighted by atomic mass is 35.5. The minimum atomic E-state index is -0.822. The Balaban J connectivity index is 0. The lowest BCUT2D eigenvalue weighted by Crippen LogP contribution is -2.57. The van der Waals surface area contributed by atoms with Crippen molar-refractivity contribution in [1.82, 2.24) is 15.1 Å². The average molecular weight is 343 g/mol. The number of piperazine rings is 1. The molecule has 6 nitrogen and oxygen atoms in total. The fourth-order valence-corrected chi connectivity index (χ4v) is 2.09. The number of halogens is 2. The summed E-state index contributed by atoms with van der Waals surface area (Å²) in [7, 11) is 0. The molecule has 0 aromatic heterocycles. The van der Waals surface area contributed by atoms with Gasteiger partial charge in [-0.15, -0.1) is 24.8 Å². The van der Waals surface area contributed by atoms with Crippen LogP contribution in [0.5, 0.6) is 0 Å². The molecule has 21 heavy (non-hydrogen) atoms. The maximum atomic E-state index is 12.0. The van der Waals surface area contributed by atoms with Gasteiger partial charge in [0.15, 0.2) is 0 Å². The summed E-state index contributed by atoms with van der Waals surface area (Å²) >= 11 is 0. The standard InChI is InChI=1S/C13H26N4O2.2ClH/c1-10(2)15-11(18)9-16-5-7-17(8-6-16)12(19)13(3,4)14;;/h10H,5-9,14H2,1-4H3,(H,15,18);2*1H. The van der Waals surface area contributed by atoms with E-state index in [0.29, 0.717) is 32.7 Å². The Hall–Kier alpha value is -0.560. The zero-order valence-corrected chi connectivity index (χ0v) is 14.9. The summed E-state index contributed by atoms with van der Waals surface area (Å²) in [6.45, 7) is 10.4. The van der Waals surface area contributed by atoms with E-state index in [0.717, 1.165) is 0 Å². The van der Waals surface area contributed by atoms with Crippen molar-refractivity contribution in [1.29, 1.82) is 0 Å². The number of nitrogens with one attached hydrogen (secondary N) is 1. The van der Waals surface area contributed by atoms with E-state index in [1.165, 1.54) is 0 Å². The van der Waals surface area contributed by atoms with Crippen molar-refractivity contribution in [3.05, 3.63) is 0 Å². The number of hydrogen-bond acceptors (Lipinski definition) is 4. The molecule has 0 saturated carbocycles. The van der Waals surface area contributed by atoms with Gasteiger partial charge in [-0.3, -0.25) is 14.5 Å². The first-order chi connectivity index (χ1) is 8.70. The third kappa shape index (κ3) is 7.85. The van der Waals surface area contributed by atoms with Crippen molar-refractivity contribution < 1.29 is 9.59 Å². The van der Waals surface area contributed by atoms with E-state index in [2.05, 4.69) is 10.2 Å². The summed E-state index contributed by atoms with van der Waals surface area (Å²) in [6, 6.07) is 0.161. The summed E-state index contributed by atoms with van der Waals surface area (Å²) < 4.78 is 0. The van der Waals surface area contributed by atoms with E-state index in [9.17, 15) is 9.59 Å². The zero-order chi connectivity index (χ0) is 14.6. The van der Waals surface area contributed by atoms with Crippen molar-refractivity contribution >= 4 is 36.6 Å². The Morgan fingerprint density at radius 1 is 1.14 bits per heavy atom.